The highest BCUT2D eigenvalue weighted by molar-refractivity contribution is 5.97. The SMILES string of the molecule is CCN(CC)CCCNC(=O)c1n[nH]c(C2CC2)c1N. The number of nitrogens with zero attached hydrogens (tertiary/aromatic N) is 2. The number of hydrogen-bond donors (Lipinski definition) is 3. The van der Waals surface area contributed by atoms with Gasteiger partial charge in [-0.3, -0.25) is 9.89 Å². The fourth-order valence-corrected chi connectivity index (χ4v) is 2.35. The van der Waals surface area contributed by atoms with Crippen LogP contribution < -0.4 is 11.1 Å². The summed E-state index contributed by atoms with van der Waals surface area (Å²) in [6, 6.07) is 0. The molecule has 0 radical (unpaired) electrons. The second-order valence-corrected chi connectivity index (χ2v) is 5.31. The van der Waals surface area contributed by atoms with Crippen LogP contribution in [0.3, 0.4) is 0 Å². The van der Waals surface area contributed by atoms with E-state index in [1.54, 1.807) is 0 Å². The second kappa shape index (κ2) is 6.74. The van der Waals surface area contributed by atoms with Crippen molar-refractivity contribution in [1.82, 2.24) is 20.4 Å². The molecule has 0 aromatic carbocycles. The summed E-state index contributed by atoms with van der Waals surface area (Å²) in [4.78, 5) is 14.4. The zero-order valence-corrected chi connectivity index (χ0v) is 12.4. The Kier molecular flexibility index (Phi) is 5.00. The quantitative estimate of drug-likeness (QED) is 0.627. The molecule has 6 heteroatoms. The van der Waals surface area contributed by atoms with Gasteiger partial charge in [0.05, 0.1) is 11.4 Å². The van der Waals surface area contributed by atoms with Gasteiger partial charge in [-0.05, 0) is 38.9 Å². The Morgan fingerprint density at radius 1 is 1.45 bits per heavy atom. The van der Waals surface area contributed by atoms with Crippen LogP contribution in [-0.4, -0.2) is 47.2 Å². The second-order valence-electron chi connectivity index (χ2n) is 5.31. The van der Waals surface area contributed by atoms with Gasteiger partial charge in [-0.2, -0.15) is 5.10 Å². The van der Waals surface area contributed by atoms with E-state index in [0.29, 0.717) is 23.8 Å². The zero-order valence-electron chi connectivity index (χ0n) is 12.4. The topological polar surface area (TPSA) is 87.0 Å². The molecule has 1 aliphatic rings. The fourth-order valence-electron chi connectivity index (χ4n) is 2.35. The van der Waals surface area contributed by atoms with E-state index in [2.05, 4.69) is 34.3 Å². The summed E-state index contributed by atoms with van der Waals surface area (Å²) in [6.07, 6.45) is 3.21. The molecule has 1 heterocycles. The molecule has 1 amide bonds. The number of H-pyrrole nitrogens is 1. The number of nitrogen functional groups attached to an aromatic ring is 1. The molecule has 0 spiro atoms. The number of anilines is 1. The molecule has 1 aromatic rings. The number of carbonyl (C=O) groups excluding carboxylic acids is 1. The number of aromatic amines is 1. The monoisotopic (exact) mass is 279 g/mol. The Morgan fingerprint density at radius 2 is 2.15 bits per heavy atom. The number of amides is 1. The summed E-state index contributed by atoms with van der Waals surface area (Å²) in [5.74, 6) is 0.303. The Morgan fingerprint density at radius 3 is 2.75 bits per heavy atom. The number of rotatable bonds is 8. The van der Waals surface area contributed by atoms with Crippen LogP contribution in [-0.2, 0) is 0 Å². The molecule has 112 valence electrons. The molecular weight excluding hydrogens is 254 g/mol. The standard InChI is InChI=1S/C14H25N5O/c1-3-19(4-2)9-5-8-16-14(20)13-11(15)12(17-18-13)10-6-7-10/h10H,3-9,15H2,1-2H3,(H,16,20)(H,17,18). The average Bonchev–Trinajstić information content (AvgIpc) is 3.22. The van der Waals surface area contributed by atoms with Crippen LogP contribution in [0.5, 0.6) is 0 Å². The molecule has 0 bridgehead atoms. The normalized spacial score (nSPS) is 14.8. The third kappa shape index (κ3) is 3.50. The summed E-state index contributed by atoms with van der Waals surface area (Å²) < 4.78 is 0. The lowest BCUT2D eigenvalue weighted by Crippen LogP contribution is -2.30. The van der Waals surface area contributed by atoms with Gasteiger partial charge in [0.2, 0.25) is 0 Å². The first kappa shape index (κ1) is 14.8. The first-order valence-electron chi connectivity index (χ1n) is 7.51. The van der Waals surface area contributed by atoms with Crippen molar-refractivity contribution >= 4 is 11.6 Å². The third-order valence-electron chi connectivity index (χ3n) is 3.87. The summed E-state index contributed by atoms with van der Waals surface area (Å²) in [6.45, 7) is 8.03. The molecule has 0 atom stereocenters. The largest absolute Gasteiger partial charge is 0.395 e. The van der Waals surface area contributed by atoms with E-state index < -0.39 is 0 Å². The van der Waals surface area contributed by atoms with Crippen molar-refractivity contribution in [2.75, 3.05) is 31.9 Å². The minimum absolute atomic E-state index is 0.176. The summed E-state index contributed by atoms with van der Waals surface area (Å²) in [5, 5.41) is 9.84. The minimum Gasteiger partial charge on any atom is -0.395 e. The van der Waals surface area contributed by atoms with Gasteiger partial charge < -0.3 is 16.0 Å². The van der Waals surface area contributed by atoms with E-state index in [1.165, 1.54) is 0 Å². The highest BCUT2D eigenvalue weighted by Gasteiger charge is 2.30. The van der Waals surface area contributed by atoms with E-state index in [-0.39, 0.29) is 5.91 Å². The third-order valence-corrected chi connectivity index (χ3v) is 3.87. The molecule has 20 heavy (non-hydrogen) atoms. The highest BCUT2D eigenvalue weighted by Crippen LogP contribution is 2.42. The van der Waals surface area contributed by atoms with Gasteiger partial charge in [-0.25, -0.2) is 0 Å². The minimum atomic E-state index is -0.176. The number of nitrogens with one attached hydrogen (secondary N) is 2. The van der Waals surface area contributed by atoms with Crippen LogP contribution in [0.15, 0.2) is 0 Å². The van der Waals surface area contributed by atoms with Gasteiger partial charge in [-0.15, -0.1) is 0 Å². The summed E-state index contributed by atoms with van der Waals surface area (Å²) in [5.41, 5.74) is 7.77. The predicted molar refractivity (Wildman–Crippen MR) is 79.7 cm³/mol. The predicted octanol–water partition coefficient (Wildman–Crippen LogP) is 1.33. The number of carbonyl (C=O) groups is 1. The lowest BCUT2D eigenvalue weighted by molar-refractivity contribution is 0.0947. The highest BCUT2D eigenvalue weighted by atomic mass is 16.1. The van der Waals surface area contributed by atoms with Gasteiger partial charge in [-0.1, -0.05) is 13.8 Å². The number of hydrogen-bond acceptors (Lipinski definition) is 4. The molecule has 1 fully saturated rings. The van der Waals surface area contributed by atoms with Crippen LogP contribution in [0.4, 0.5) is 5.69 Å². The maximum absolute atomic E-state index is 12.0. The van der Waals surface area contributed by atoms with Crippen molar-refractivity contribution in [3.05, 3.63) is 11.4 Å². The van der Waals surface area contributed by atoms with Gasteiger partial charge in [0.1, 0.15) is 0 Å². The van der Waals surface area contributed by atoms with Crippen molar-refractivity contribution < 1.29 is 4.79 Å². The lowest BCUT2D eigenvalue weighted by atomic mass is 10.2. The van der Waals surface area contributed by atoms with E-state index in [0.717, 1.165) is 44.6 Å². The smallest absolute Gasteiger partial charge is 0.273 e. The Bertz CT molecular complexity index is 448. The maximum Gasteiger partial charge on any atom is 0.273 e. The molecule has 4 N–H and O–H groups in total. The van der Waals surface area contributed by atoms with Gasteiger partial charge in [0.15, 0.2) is 5.69 Å². The lowest BCUT2D eigenvalue weighted by Gasteiger charge is -2.17. The van der Waals surface area contributed by atoms with Crippen LogP contribution in [0, 0.1) is 0 Å². The molecule has 2 rings (SSSR count). The van der Waals surface area contributed by atoms with Crippen LogP contribution >= 0.6 is 0 Å². The van der Waals surface area contributed by atoms with Gasteiger partial charge >= 0.3 is 0 Å². The van der Waals surface area contributed by atoms with Crippen molar-refractivity contribution in [3.63, 3.8) is 0 Å². The number of aromatic nitrogens is 2. The Hall–Kier alpha value is -1.56. The maximum atomic E-state index is 12.0. The molecule has 1 saturated carbocycles. The van der Waals surface area contributed by atoms with Crippen LogP contribution in [0.1, 0.15) is 55.2 Å². The van der Waals surface area contributed by atoms with Crippen molar-refractivity contribution in [2.24, 2.45) is 0 Å². The zero-order chi connectivity index (χ0) is 14.5. The molecule has 1 aromatic heterocycles. The van der Waals surface area contributed by atoms with Crippen molar-refractivity contribution in [1.29, 1.82) is 0 Å². The molecule has 1 aliphatic carbocycles. The van der Waals surface area contributed by atoms with E-state index in [1.807, 2.05) is 0 Å². The van der Waals surface area contributed by atoms with Crippen molar-refractivity contribution in [2.45, 2.75) is 39.0 Å². The van der Waals surface area contributed by atoms with Crippen LogP contribution in [0.2, 0.25) is 0 Å². The molecule has 0 saturated heterocycles. The van der Waals surface area contributed by atoms with Gasteiger partial charge in [0, 0.05) is 12.5 Å². The number of nitrogens with two attached hydrogens (primary N) is 1. The Labute approximate surface area is 120 Å². The molecular formula is C14H25N5O. The van der Waals surface area contributed by atoms with E-state index in [9.17, 15) is 4.79 Å². The summed E-state index contributed by atoms with van der Waals surface area (Å²) in [7, 11) is 0. The van der Waals surface area contributed by atoms with E-state index in [4.69, 9.17) is 5.73 Å². The first-order valence-corrected chi connectivity index (χ1v) is 7.51. The molecule has 6 nitrogen and oxygen atoms in total. The van der Waals surface area contributed by atoms with Crippen LogP contribution in [0.25, 0.3) is 0 Å². The van der Waals surface area contributed by atoms with Gasteiger partial charge in [0.25, 0.3) is 5.91 Å². The average molecular weight is 279 g/mol. The summed E-state index contributed by atoms with van der Waals surface area (Å²) >= 11 is 0. The van der Waals surface area contributed by atoms with E-state index >= 15 is 0 Å². The first-order chi connectivity index (χ1) is 9.67. The molecule has 0 unspecified atom stereocenters. The van der Waals surface area contributed by atoms with Crippen molar-refractivity contribution in [3.8, 4) is 0 Å². The molecule has 0 aliphatic heterocycles. The Balaban J connectivity index is 1.77. The fraction of sp³-hybridized carbons (Fsp3) is 0.714.